The zero-order chi connectivity index (χ0) is 51.9. The van der Waals surface area contributed by atoms with E-state index in [0.29, 0.717) is 48.9 Å². The molecule has 0 spiro atoms. The van der Waals surface area contributed by atoms with Gasteiger partial charge >= 0.3 is 5.97 Å². The van der Waals surface area contributed by atoms with Gasteiger partial charge in [-0.1, -0.05) is 60.7 Å². The van der Waals surface area contributed by atoms with Crippen LogP contribution in [0.15, 0.2) is 85.1 Å². The van der Waals surface area contributed by atoms with Crippen molar-refractivity contribution in [3.05, 3.63) is 102 Å². The number of hydrogen-bond donors (Lipinski definition) is 13. The lowest BCUT2D eigenvalue weighted by atomic mass is 10.0. The first-order chi connectivity index (χ1) is 34.0. The van der Waals surface area contributed by atoms with E-state index >= 15 is 0 Å². The summed E-state index contributed by atoms with van der Waals surface area (Å²) in [6.45, 7) is 1.12. The summed E-state index contributed by atoms with van der Waals surface area (Å²) in [6, 6.07) is 13.8. The summed E-state index contributed by atoms with van der Waals surface area (Å²) in [5.41, 5.74) is 19.6. The van der Waals surface area contributed by atoms with Crippen molar-refractivity contribution in [2.45, 2.75) is 107 Å². The summed E-state index contributed by atoms with van der Waals surface area (Å²) in [5, 5.41) is 38.1. The Balaban J connectivity index is 1.53. The first-order valence-electron chi connectivity index (χ1n) is 23.3. The number of phenolic OH excluding ortho intramolecular Hbond substituents is 1. The van der Waals surface area contributed by atoms with E-state index in [9.17, 15) is 53.4 Å². The number of carboxylic acids is 1. The number of carbonyl (C=O) groups excluding carboxylic acids is 8. The van der Waals surface area contributed by atoms with Crippen molar-refractivity contribution in [2.75, 3.05) is 19.6 Å². The Morgan fingerprint density at radius 2 is 1.07 bits per heavy atom. The molecule has 1 heterocycles. The normalized spacial score (nSPS) is 13.5. The van der Waals surface area contributed by atoms with Gasteiger partial charge in [-0.2, -0.15) is 0 Å². The van der Waals surface area contributed by atoms with E-state index in [1.54, 1.807) is 66.9 Å². The Morgan fingerprint density at radius 1 is 0.563 bits per heavy atom. The van der Waals surface area contributed by atoms with Crippen LogP contribution in [-0.4, -0.2) is 124 Å². The van der Waals surface area contributed by atoms with E-state index in [0.717, 1.165) is 10.9 Å². The van der Waals surface area contributed by atoms with Gasteiger partial charge in [0.2, 0.25) is 47.3 Å². The van der Waals surface area contributed by atoms with Gasteiger partial charge in [-0.3, -0.25) is 43.2 Å². The van der Waals surface area contributed by atoms with Crippen LogP contribution in [0.2, 0.25) is 0 Å². The fourth-order valence-electron chi connectivity index (χ4n) is 7.66. The molecule has 0 saturated heterocycles. The number of phenols is 1. The summed E-state index contributed by atoms with van der Waals surface area (Å²) in [5.74, 6) is -7.89. The number of amides is 8. The molecule has 382 valence electrons. The average Bonchev–Trinajstić information content (AvgIpc) is 3.74. The highest BCUT2D eigenvalue weighted by molar-refractivity contribution is 5.98. The minimum atomic E-state index is -1.71. The number of rotatable bonds is 30. The lowest BCUT2D eigenvalue weighted by molar-refractivity contribution is -0.141. The van der Waals surface area contributed by atoms with Crippen molar-refractivity contribution < 1.29 is 53.4 Å². The van der Waals surface area contributed by atoms with Crippen LogP contribution in [0, 0.1) is 0 Å². The number of aromatic hydroxyl groups is 1. The molecule has 71 heavy (non-hydrogen) atoms. The van der Waals surface area contributed by atoms with Gasteiger partial charge in [0.15, 0.2) is 0 Å². The number of unbranched alkanes of at least 4 members (excludes halogenated alkanes) is 2. The summed E-state index contributed by atoms with van der Waals surface area (Å²) in [6.07, 6.45) is 2.42. The molecule has 22 nitrogen and oxygen atoms in total. The molecule has 6 atom stereocenters. The van der Waals surface area contributed by atoms with Gasteiger partial charge in [0.25, 0.3) is 0 Å². The second kappa shape index (κ2) is 28.6. The highest BCUT2D eigenvalue weighted by Gasteiger charge is 2.33. The molecular formula is C49H65N11O11. The summed E-state index contributed by atoms with van der Waals surface area (Å²) < 4.78 is 0. The number of aromatic nitrogens is 1. The molecular weight excluding hydrogens is 919 g/mol. The standard InChI is InChI=1S/C49H65N11O11/c1-29(61)55-39(24-31-17-19-33(62)20-18-31)47(69)57-36(15-7-9-21-50)45(67)54-28-42(63)56-40(25-32-27-53-35-14-6-5-13-34(32)35)48(70)58-37(16-8-10-22-51)46(68)60-41(26-43(64)65)49(71)59-38(44(52)66)23-30-11-3-2-4-12-30/h2-6,11-14,17-20,27,36-41,53,62H,7-10,15-16,21-26,28,50-51H2,1H3,(H2,52,66)(H,54,67)(H,55,61)(H,56,63)(H,57,69)(H,58,70)(H,59,71)(H,60,68)(H,64,65). The maximum atomic E-state index is 14.3. The van der Waals surface area contributed by atoms with Gasteiger partial charge in [0, 0.05) is 43.3 Å². The third-order valence-corrected chi connectivity index (χ3v) is 11.4. The number of fused-ring (bicyclic) bond motifs is 1. The van der Waals surface area contributed by atoms with Crippen LogP contribution in [0.5, 0.6) is 5.75 Å². The molecule has 0 bridgehead atoms. The lowest BCUT2D eigenvalue weighted by Gasteiger charge is -2.26. The van der Waals surface area contributed by atoms with E-state index in [1.165, 1.54) is 19.1 Å². The van der Waals surface area contributed by atoms with Crippen molar-refractivity contribution in [1.82, 2.24) is 42.2 Å². The number of aromatic amines is 1. The van der Waals surface area contributed by atoms with E-state index in [-0.39, 0.29) is 44.4 Å². The summed E-state index contributed by atoms with van der Waals surface area (Å²) >= 11 is 0. The molecule has 22 heteroatoms. The van der Waals surface area contributed by atoms with Crippen molar-refractivity contribution in [2.24, 2.45) is 17.2 Å². The Morgan fingerprint density at radius 3 is 1.66 bits per heavy atom. The molecule has 0 aliphatic heterocycles. The molecule has 0 aliphatic carbocycles. The van der Waals surface area contributed by atoms with Crippen molar-refractivity contribution in [3.63, 3.8) is 0 Å². The molecule has 8 amide bonds. The first-order valence-corrected chi connectivity index (χ1v) is 23.3. The van der Waals surface area contributed by atoms with Crippen LogP contribution in [-0.2, 0) is 62.4 Å². The van der Waals surface area contributed by atoms with Crippen LogP contribution in [0.4, 0.5) is 0 Å². The van der Waals surface area contributed by atoms with Crippen LogP contribution < -0.4 is 54.4 Å². The number of aliphatic carboxylic acids is 1. The monoisotopic (exact) mass is 983 g/mol. The maximum absolute atomic E-state index is 14.3. The van der Waals surface area contributed by atoms with E-state index < -0.39 is 102 Å². The minimum Gasteiger partial charge on any atom is -0.508 e. The Labute approximate surface area is 410 Å². The highest BCUT2D eigenvalue weighted by Crippen LogP contribution is 2.20. The van der Waals surface area contributed by atoms with E-state index in [4.69, 9.17) is 17.2 Å². The van der Waals surface area contributed by atoms with Crippen molar-refractivity contribution >= 4 is 64.1 Å². The molecule has 1 aromatic heterocycles. The Kier molecular flexibility index (Phi) is 22.5. The SMILES string of the molecule is CC(=O)NC(Cc1ccc(O)cc1)C(=O)NC(CCCCN)C(=O)NCC(=O)NC(Cc1c[nH]c2ccccc12)C(=O)NC(CCCCN)C(=O)NC(CC(=O)O)C(=O)NC(Cc1ccccc1)C(N)=O. The molecule has 4 rings (SSSR count). The topological polar surface area (TPSA) is 372 Å². The second-order valence-electron chi connectivity index (χ2n) is 17.0. The Hall–Kier alpha value is -7.85. The second-order valence-corrected chi connectivity index (χ2v) is 17.0. The predicted molar refractivity (Wildman–Crippen MR) is 261 cm³/mol. The highest BCUT2D eigenvalue weighted by atomic mass is 16.4. The summed E-state index contributed by atoms with van der Waals surface area (Å²) in [7, 11) is 0. The van der Waals surface area contributed by atoms with Gasteiger partial charge in [-0.25, -0.2) is 0 Å². The number of benzene rings is 3. The van der Waals surface area contributed by atoms with E-state index in [2.05, 4.69) is 42.2 Å². The zero-order valence-electron chi connectivity index (χ0n) is 39.5. The quantitative estimate of drug-likeness (QED) is 0.0284. The van der Waals surface area contributed by atoms with Gasteiger partial charge in [-0.15, -0.1) is 0 Å². The van der Waals surface area contributed by atoms with Gasteiger partial charge in [0.1, 0.15) is 42.0 Å². The minimum absolute atomic E-state index is 0.00824. The number of nitrogens with one attached hydrogen (secondary N) is 8. The smallest absolute Gasteiger partial charge is 0.305 e. The van der Waals surface area contributed by atoms with Gasteiger partial charge in [0.05, 0.1) is 13.0 Å². The van der Waals surface area contributed by atoms with Crippen LogP contribution >= 0.6 is 0 Å². The molecule has 0 fully saturated rings. The molecule has 16 N–H and O–H groups in total. The first kappa shape index (κ1) is 55.7. The molecule has 4 aromatic rings. The van der Waals surface area contributed by atoms with Crippen molar-refractivity contribution in [3.8, 4) is 5.75 Å². The summed E-state index contributed by atoms with van der Waals surface area (Å²) in [4.78, 5) is 122. The Bertz CT molecular complexity index is 2450. The number of hydrogen-bond acceptors (Lipinski definition) is 12. The van der Waals surface area contributed by atoms with Gasteiger partial charge < -0.3 is 69.6 Å². The lowest BCUT2D eigenvalue weighted by Crippen LogP contribution is -2.59. The zero-order valence-corrected chi connectivity index (χ0v) is 39.5. The van der Waals surface area contributed by atoms with E-state index in [1.807, 2.05) is 6.07 Å². The fourth-order valence-corrected chi connectivity index (χ4v) is 7.66. The van der Waals surface area contributed by atoms with Crippen molar-refractivity contribution in [1.29, 1.82) is 0 Å². The number of carbonyl (C=O) groups is 9. The largest absolute Gasteiger partial charge is 0.508 e. The molecule has 0 aliphatic rings. The molecule has 6 unspecified atom stereocenters. The fraction of sp³-hybridized carbons (Fsp3) is 0.408. The number of H-pyrrole nitrogens is 1. The molecule has 0 saturated carbocycles. The molecule has 0 radical (unpaired) electrons. The number of primary amides is 1. The number of carboxylic acid groups (broad SMARTS) is 1. The van der Waals surface area contributed by atoms with Crippen LogP contribution in [0.25, 0.3) is 10.9 Å². The van der Waals surface area contributed by atoms with Crippen LogP contribution in [0.1, 0.15) is 68.6 Å². The average molecular weight is 984 g/mol. The molecule has 3 aromatic carbocycles. The van der Waals surface area contributed by atoms with Crippen LogP contribution in [0.3, 0.4) is 0 Å². The number of nitrogens with two attached hydrogens (primary N) is 3. The third kappa shape index (κ3) is 18.9. The predicted octanol–water partition coefficient (Wildman–Crippen LogP) is -0.836. The third-order valence-electron chi connectivity index (χ3n) is 11.4. The van der Waals surface area contributed by atoms with Gasteiger partial charge in [-0.05, 0) is 86.5 Å². The number of para-hydroxylation sites is 1. The maximum Gasteiger partial charge on any atom is 0.305 e.